The van der Waals surface area contributed by atoms with Crippen LogP contribution in [0.1, 0.15) is 19.4 Å². The number of nitrogens with zero attached hydrogens (tertiary/aromatic N) is 1. The number of amides is 2. The molecule has 2 saturated heterocycles. The third-order valence-corrected chi connectivity index (χ3v) is 6.18. The number of thioether (sulfide) groups is 1. The standard InChI is InChI=1S/C18H20N2O6S/c1-18(2)14(17(24)25)20-15(23)13(16(20)27-18)19-12(22)7-5-9-4-6-10(21)11(8-9)26-3/h4-8,13-14,16,21H,1-3H3,(H,19,22)(H,24,25)/b7-5+/t13-,14+,16-/m1/s1. The Balaban J connectivity index is 1.66. The molecule has 1 aromatic carbocycles. The molecular formula is C18H20N2O6S. The van der Waals surface area contributed by atoms with Crippen LogP contribution in [0.25, 0.3) is 6.08 Å². The van der Waals surface area contributed by atoms with Crippen LogP contribution in [0.3, 0.4) is 0 Å². The SMILES string of the molecule is COc1cc(/C=C/C(=O)N[C@@H]2C(=O)N3[C@@H]2SC(C)(C)[C@@H]3C(=O)O)ccc1O. The summed E-state index contributed by atoms with van der Waals surface area (Å²) in [6.45, 7) is 3.55. The summed E-state index contributed by atoms with van der Waals surface area (Å²) >= 11 is 1.37. The first-order valence-electron chi connectivity index (χ1n) is 8.24. The Labute approximate surface area is 160 Å². The lowest BCUT2D eigenvalue weighted by Crippen LogP contribution is -2.70. The van der Waals surface area contributed by atoms with Crippen LogP contribution in [0, 0.1) is 0 Å². The minimum Gasteiger partial charge on any atom is -0.504 e. The maximum Gasteiger partial charge on any atom is 0.327 e. The van der Waals surface area contributed by atoms with Gasteiger partial charge in [0, 0.05) is 10.8 Å². The first kappa shape index (κ1) is 19.1. The summed E-state index contributed by atoms with van der Waals surface area (Å²) in [6, 6.07) is 2.98. The van der Waals surface area contributed by atoms with Crippen LogP contribution in [-0.2, 0) is 14.4 Å². The number of aliphatic carboxylic acids is 1. The molecule has 3 N–H and O–H groups in total. The van der Waals surface area contributed by atoms with Crippen molar-refractivity contribution in [3.8, 4) is 11.5 Å². The summed E-state index contributed by atoms with van der Waals surface area (Å²) in [4.78, 5) is 37.3. The number of carbonyl (C=O) groups is 3. The van der Waals surface area contributed by atoms with Gasteiger partial charge in [-0.15, -0.1) is 11.8 Å². The molecule has 0 aromatic heterocycles. The Kier molecular flexibility index (Phi) is 4.81. The van der Waals surface area contributed by atoms with Gasteiger partial charge >= 0.3 is 5.97 Å². The van der Waals surface area contributed by atoms with Crippen molar-refractivity contribution in [1.82, 2.24) is 10.2 Å². The van der Waals surface area contributed by atoms with Crippen molar-refractivity contribution < 1.29 is 29.3 Å². The highest BCUT2D eigenvalue weighted by Gasteiger charge is 2.64. The van der Waals surface area contributed by atoms with Crippen LogP contribution in [0.5, 0.6) is 11.5 Å². The van der Waals surface area contributed by atoms with Gasteiger partial charge in [0.2, 0.25) is 11.8 Å². The number of fused-ring (bicyclic) bond motifs is 1. The summed E-state index contributed by atoms with van der Waals surface area (Å²) < 4.78 is 4.37. The zero-order chi connectivity index (χ0) is 19.9. The lowest BCUT2D eigenvalue weighted by atomic mass is 9.96. The molecular weight excluding hydrogens is 372 g/mol. The zero-order valence-corrected chi connectivity index (χ0v) is 15.8. The summed E-state index contributed by atoms with van der Waals surface area (Å²) in [5.41, 5.74) is 0.642. The van der Waals surface area contributed by atoms with Crippen molar-refractivity contribution in [1.29, 1.82) is 0 Å². The number of carboxylic acids is 1. The molecule has 0 saturated carbocycles. The number of hydrogen-bond donors (Lipinski definition) is 3. The number of phenols is 1. The summed E-state index contributed by atoms with van der Waals surface area (Å²) in [5.74, 6) is -1.62. The molecule has 2 aliphatic heterocycles. The number of rotatable bonds is 5. The predicted octanol–water partition coefficient (Wildman–Crippen LogP) is 1.05. The van der Waals surface area contributed by atoms with E-state index in [2.05, 4.69) is 5.32 Å². The third-order valence-electron chi connectivity index (χ3n) is 4.60. The Morgan fingerprint density at radius 1 is 1.37 bits per heavy atom. The van der Waals surface area contributed by atoms with Crippen LogP contribution < -0.4 is 10.1 Å². The van der Waals surface area contributed by atoms with E-state index in [0.29, 0.717) is 5.56 Å². The van der Waals surface area contributed by atoms with Crippen molar-refractivity contribution in [2.24, 2.45) is 0 Å². The zero-order valence-electron chi connectivity index (χ0n) is 15.0. The smallest absolute Gasteiger partial charge is 0.327 e. The van der Waals surface area contributed by atoms with Gasteiger partial charge in [-0.2, -0.15) is 0 Å². The number of carbonyl (C=O) groups excluding carboxylic acids is 2. The molecule has 2 amide bonds. The second-order valence-electron chi connectivity index (χ2n) is 6.85. The van der Waals surface area contributed by atoms with Crippen LogP contribution in [0.2, 0.25) is 0 Å². The lowest BCUT2D eigenvalue weighted by Gasteiger charge is -2.43. The van der Waals surface area contributed by atoms with E-state index in [1.165, 1.54) is 42.0 Å². The average Bonchev–Trinajstić information content (AvgIpc) is 2.87. The molecule has 144 valence electrons. The molecule has 0 aliphatic carbocycles. The van der Waals surface area contributed by atoms with Crippen LogP contribution in [-0.4, -0.2) is 62.2 Å². The fraction of sp³-hybridized carbons (Fsp3) is 0.389. The van der Waals surface area contributed by atoms with Gasteiger partial charge in [0.1, 0.15) is 17.5 Å². The Morgan fingerprint density at radius 3 is 2.70 bits per heavy atom. The van der Waals surface area contributed by atoms with Gasteiger partial charge in [0.15, 0.2) is 11.5 Å². The molecule has 0 radical (unpaired) electrons. The van der Waals surface area contributed by atoms with Gasteiger partial charge in [-0.1, -0.05) is 6.07 Å². The molecule has 3 atom stereocenters. The number of hydrogen-bond acceptors (Lipinski definition) is 6. The third kappa shape index (κ3) is 3.34. The highest BCUT2D eigenvalue weighted by Crippen LogP contribution is 2.50. The molecule has 2 heterocycles. The highest BCUT2D eigenvalue weighted by molar-refractivity contribution is 8.01. The van der Waals surface area contributed by atoms with Crippen molar-refractivity contribution in [3.63, 3.8) is 0 Å². The molecule has 1 aromatic rings. The predicted molar refractivity (Wildman–Crippen MR) is 99.4 cm³/mol. The average molecular weight is 392 g/mol. The highest BCUT2D eigenvalue weighted by atomic mass is 32.2. The number of β-lactam (4-membered cyclic amide) rings is 1. The van der Waals surface area contributed by atoms with Gasteiger partial charge < -0.3 is 25.2 Å². The molecule has 2 aliphatic rings. The van der Waals surface area contributed by atoms with Crippen LogP contribution in [0.15, 0.2) is 24.3 Å². The Bertz CT molecular complexity index is 837. The summed E-state index contributed by atoms with van der Waals surface area (Å²) in [7, 11) is 1.42. The molecule has 27 heavy (non-hydrogen) atoms. The molecule has 9 heteroatoms. The number of nitrogens with one attached hydrogen (secondary N) is 1. The molecule has 0 spiro atoms. The van der Waals surface area contributed by atoms with E-state index in [-0.39, 0.29) is 16.9 Å². The van der Waals surface area contributed by atoms with Crippen molar-refractivity contribution >= 4 is 35.6 Å². The van der Waals surface area contributed by atoms with Crippen molar-refractivity contribution in [2.45, 2.75) is 36.1 Å². The Hall–Kier alpha value is -2.68. The van der Waals surface area contributed by atoms with E-state index in [1.54, 1.807) is 26.0 Å². The minimum atomic E-state index is -1.05. The number of aromatic hydroxyl groups is 1. The fourth-order valence-electron chi connectivity index (χ4n) is 3.32. The van der Waals surface area contributed by atoms with E-state index in [9.17, 15) is 24.6 Å². The van der Waals surface area contributed by atoms with E-state index >= 15 is 0 Å². The van der Waals surface area contributed by atoms with Crippen molar-refractivity contribution in [2.75, 3.05) is 7.11 Å². The van der Waals surface area contributed by atoms with Gasteiger partial charge in [0.25, 0.3) is 0 Å². The summed E-state index contributed by atoms with van der Waals surface area (Å²) in [6.07, 6.45) is 2.81. The molecule has 2 fully saturated rings. The van der Waals surface area contributed by atoms with Gasteiger partial charge in [0.05, 0.1) is 7.11 Å². The number of benzene rings is 1. The molecule has 0 bridgehead atoms. The van der Waals surface area contributed by atoms with Crippen LogP contribution in [0.4, 0.5) is 0 Å². The van der Waals surface area contributed by atoms with Gasteiger partial charge in [-0.25, -0.2) is 4.79 Å². The van der Waals surface area contributed by atoms with E-state index < -0.39 is 34.6 Å². The molecule has 3 rings (SSSR count). The number of ether oxygens (including phenoxy) is 1. The molecule has 0 unspecified atom stereocenters. The van der Waals surface area contributed by atoms with E-state index in [4.69, 9.17) is 4.74 Å². The van der Waals surface area contributed by atoms with Crippen LogP contribution >= 0.6 is 11.8 Å². The number of methoxy groups -OCH3 is 1. The maximum absolute atomic E-state index is 12.3. The second kappa shape index (κ2) is 6.80. The number of phenolic OH excluding ortho intramolecular Hbond substituents is 1. The Morgan fingerprint density at radius 2 is 2.07 bits per heavy atom. The normalized spacial score (nSPS) is 25.8. The lowest BCUT2D eigenvalue weighted by molar-refractivity contribution is -0.160. The van der Waals surface area contributed by atoms with Gasteiger partial charge in [-0.05, 0) is 37.6 Å². The largest absolute Gasteiger partial charge is 0.504 e. The first-order chi connectivity index (χ1) is 12.7. The number of carboxylic acid groups (broad SMARTS) is 1. The minimum absolute atomic E-state index is 0.00637. The van der Waals surface area contributed by atoms with E-state index in [0.717, 1.165) is 0 Å². The monoisotopic (exact) mass is 392 g/mol. The van der Waals surface area contributed by atoms with Crippen molar-refractivity contribution in [3.05, 3.63) is 29.8 Å². The topological polar surface area (TPSA) is 116 Å². The fourth-order valence-corrected chi connectivity index (χ4v) is 4.94. The maximum atomic E-state index is 12.3. The van der Waals surface area contributed by atoms with E-state index in [1.807, 2.05) is 0 Å². The van der Waals surface area contributed by atoms with Gasteiger partial charge in [-0.3, -0.25) is 9.59 Å². The summed E-state index contributed by atoms with van der Waals surface area (Å²) in [5, 5.41) is 21.2. The quantitative estimate of drug-likeness (QED) is 0.506. The molecule has 8 nitrogen and oxygen atoms in total. The first-order valence-corrected chi connectivity index (χ1v) is 9.12. The second-order valence-corrected chi connectivity index (χ2v) is 8.62.